The third-order valence-corrected chi connectivity index (χ3v) is 3.75. The average molecular weight is 236 g/mol. The number of thiophene rings is 1. The molecule has 0 saturated carbocycles. The van der Waals surface area contributed by atoms with Crippen LogP contribution in [-0.2, 0) is 7.05 Å². The zero-order valence-electron chi connectivity index (χ0n) is 9.71. The molecule has 0 aromatic carbocycles. The Morgan fingerprint density at radius 2 is 2.31 bits per heavy atom. The van der Waals surface area contributed by atoms with E-state index in [4.69, 9.17) is 5.73 Å². The fraction of sp³-hybridized carbons (Fsp3) is 0.364. The average Bonchev–Trinajstić information content (AvgIpc) is 2.85. The lowest BCUT2D eigenvalue weighted by molar-refractivity contribution is 0.708. The second kappa shape index (κ2) is 4.17. The van der Waals surface area contributed by atoms with Crippen molar-refractivity contribution >= 4 is 22.8 Å². The predicted octanol–water partition coefficient (Wildman–Crippen LogP) is 2.26. The van der Waals surface area contributed by atoms with Gasteiger partial charge in [0.2, 0.25) is 0 Å². The van der Waals surface area contributed by atoms with Crippen molar-refractivity contribution in [1.82, 2.24) is 9.78 Å². The number of hydrogen-bond donors (Lipinski definition) is 1. The predicted molar refractivity (Wildman–Crippen MR) is 68.8 cm³/mol. The molecule has 4 nitrogen and oxygen atoms in total. The zero-order chi connectivity index (χ0) is 11.7. The summed E-state index contributed by atoms with van der Waals surface area (Å²) in [5, 5.41) is 6.45. The normalized spacial score (nSPS) is 12.7. The lowest BCUT2D eigenvalue weighted by Gasteiger charge is -2.24. The van der Waals surface area contributed by atoms with Gasteiger partial charge in [-0.15, -0.1) is 11.3 Å². The van der Waals surface area contributed by atoms with Gasteiger partial charge in [0.1, 0.15) is 0 Å². The number of aromatic nitrogens is 2. The Morgan fingerprint density at radius 3 is 2.81 bits per heavy atom. The van der Waals surface area contributed by atoms with Gasteiger partial charge in [-0.05, 0) is 18.4 Å². The molecule has 2 heterocycles. The molecule has 2 aromatic rings. The van der Waals surface area contributed by atoms with E-state index in [-0.39, 0.29) is 6.04 Å². The highest BCUT2D eigenvalue weighted by Gasteiger charge is 2.17. The number of nitrogens with two attached hydrogens (primary N) is 1. The van der Waals surface area contributed by atoms with Crippen molar-refractivity contribution in [2.24, 2.45) is 7.05 Å². The van der Waals surface area contributed by atoms with Crippen LogP contribution in [0.2, 0.25) is 0 Å². The van der Waals surface area contributed by atoms with Gasteiger partial charge in [-0.2, -0.15) is 5.10 Å². The van der Waals surface area contributed by atoms with Crippen LogP contribution in [-0.4, -0.2) is 16.8 Å². The summed E-state index contributed by atoms with van der Waals surface area (Å²) in [6.45, 7) is 2.15. The number of anilines is 2. The lowest BCUT2D eigenvalue weighted by atomic mass is 10.2. The van der Waals surface area contributed by atoms with Crippen LogP contribution in [0.25, 0.3) is 0 Å². The smallest absolute Gasteiger partial charge is 0.174 e. The Balaban J connectivity index is 2.25. The van der Waals surface area contributed by atoms with Crippen molar-refractivity contribution in [1.29, 1.82) is 0 Å². The summed E-state index contributed by atoms with van der Waals surface area (Å²) in [6, 6.07) is 4.48. The summed E-state index contributed by atoms with van der Waals surface area (Å²) in [6.07, 6.45) is 1.83. The van der Waals surface area contributed by atoms with Crippen LogP contribution in [0.3, 0.4) is 0 Å². The fourth-order valence-corrected chi connectivity index (χ4v) is 2.50. The van der Waals surface area contributed by atoms with Gasteiger partial charge < -0.3 is 10.6 Å². The lowest BCUT2D eigenvalue weighted by Crippen LogP contribution is -2.22. The molecular weight excluding hydrogens is 220 g/mol. The first-order valence-electron chi connectivity index (χ1n) is 5.15. The van der Waals surface area contributed by atoms with E-state index in [1.54, 1.807) is 16.0 Å². The minimum Gasteiger partial charge on any atom is -0.394 e. The molecule has 0 spiro atoms. The molecule has 0 amide bonds. The number of rotatable bonds is 3. The fourth-order valence-electron chi connectivity index (χ4n) is 1.67. The van der Waals surface area contributed by atoms with E-state index in [1.807, 2.05) is 20.3 Å². The van der Waals surface area contributed by atoms with Crippen LogP contribution in [0.4, 0.5) is 11.5 Å². The summed E-state index contributed by atoms with van der Waals surface area (Å²) in [7, 11) is 3.90. The van der Waals surface area contributed by atoms with Crippen LogP contribution >= 0.6 is 11.3 Å². The summed E-state index contributed by atoms with van der Waals surface area (Å²) >= 11 is 1.75. The summed E-state index contributed by atoms with van der Waals surface area (Å²) in [5.74, 6) is 0.836. The van der Waals surface area contributed by atoms with Crippen molar-refractivity contribution in [3.8, 4) is 0 Å². The van der Waals surface area contributed by atoms with Crippen LogP contribution in [0.1, 0.15) is 17.8 Å². The van der Waals surface area contributed by atoms with Gasteiger partial charge in [0.05, 0.1) is 11.7 Å². The molecule has 16 heavy (non-hydrogen) atoms. The maximum absolute atomic E-state index is 5.91. The molecule has 0 aliphatic rings. The van der Waals surface area contributed by atoms with E-state index in [0.29, 0.717) is 5.69 Å². The van der Waals surface area contributed by atoms with E-state index in [9.17, 15) is 0 Å². The number of nitrogens with zero attached hydrogens (tertiary/aromatic N) is 3. The van der Waals surface area contributed by atoms with Gasteiger partial charge in [0.25, 0.3) is 0 Å². The number of hydrogen-bond acceptors (Lipinski definition) is 4. The number of nitrogen functional groups attached to an aromatic ring is 1. The molecule has 0 radical (unpaired) electrons. The Morgan fingerprint density at radius 1 is 1.56 bits per heavy atom. The third-order valence-electron chi connectivity index (χ3n) is 2.71. The van der Waals surface area contributed by atoms with Gasteiger partial charge >= 0.3 is 0 Å². The van der Waals surface area contributed by atoms with E-state index in [0.717, 1.165) is 5.82 Å². The van der Waals surface area contributed by atoms with Gasteiger partial charge in [-0.3, -0.25) is 4.68 Å². The molecule has 1 unspecified atom stereocenters. The van der Waals surface area contributed by atoms with Gasteiger partial charge in [-0.1, -0.05) is 6.07 Å². The Kier molecular flexibility index (Phi) is 2.87. The largest absolute Gasteiger partial charge is 0.394 e. The van der Waals surface area contributed by atoms with E-state index >= 15 is 0 Å². The second-order valence-corrected chi connectivity index (χ2v) is 4.86. The Bertz CT molecular complexity index is 460. The molecule has 2 N–H and O–H groups in total. The first-order chi connectivity index (χ1) is 7.59. The standard InChI is InChI=1S/C11H16N4S/c1-8(10-5-4-6-16-10)15(3)11-9(12)7-14(2)13-11/h4-8H,12H2,1-3H3. The first-order valence-corrected chi connectivity index (χ1v) is 6.03. The second-order valence-electron chi connectivity index (χ2n) is 3.88. The SMILES string of the molecule is CC(c1cccs1)N(C)c1nn(C)cc1N. The van der Waals surface area contributed by atoms with E-state index in [2.05, 4.69) is 34.4 Å². The molecular formula is C11H16N4S. The summed E-state index contributed by atoms with van der Waals surface area (Å²) < 4.78 is 1.74. The van der Waals surface area contributed by atoms with Crippen LogP contribution in [0.5, 0.6) is 0 Å². The molecule has 5 heteroatoms. The van der Waals surface area contributed by atoms with E-state index in [1.165, 1.54) is 4.88 Å². The van der Waals surface area contributed by atoms with Crippen molar-refractivity contribution in [2.75, 3.05) is 17.7 Å². The molecule has 2 rings (SSSR count). The monoisotopic (exact) mass is 236 g/mol. The van der Waals surface area contributed by atoms with Gasteiger partial charge in [0, 0.05) is 25.2 Å². The van der Waals surface area contributed by atoms with Crippen molar-refractivity contribution < 1.29 is 0 Å². The minimum absolute atomic E-state index is 0.289. The van der Waals surface area contributed by atoms with Crippen LogP contribution in [0, 0.1) is 0 Å². The molecule has 0 bridgehead atoms. The molecule has 1 atom stereocenters. The highest BCUT2D eigenvalue weighted by Crippen LogP contribution is 2.30. The highest BCUT2D eigenvalue weighted by atomic mass is 32.1. The Labute approximate surface area is 99.3 Å². The molecule has 86 valence electrons. The van der Waals surface area contributed by atoms with Crippen molar-refractivity contribution in [2.45, 2.75) is 13.0 Å². The quantitative estimate of drug-likeness (QED) is 0.889. The minimum atomic E-state index is 0.289. The summed E-state index contributed by atoms with van der Waals surface area (Å²) in [4.78, 5) is 3.41. The maximum atomic E-state index is 5.91. The molecule has 0 saturated heterocycles. The third kappa shape index (κ3) is 1.90. The molecule has 2 aromatic heterocycles. The molecule has 0 aliphatic carbocycles. The summed E-state index contributed by atoms with van der Waals surface area (Å²) in [5.41, 5.74) is 6.63. The topological polar surface area (TPSA) is 47.1 Å². The highest BCUT2D eigenvalue weighted by molar-refractivity contribution is 7.10. The maximum Gasteiger partial charge on any atom is 0.174 e. The van der Waals surface area contributed by atoms with Crippen LogP contribution in [0.15, 0.2) is 23.7 Å². The molecule has 0 fully saturated rings. The van der Waals surface area contributed by atoms with Gasteiger partial charge in [0.15, 0.2) is 5.82 Å². The Hall–Kier alpha value is -1.49. The molecule has 0 aliphatic heterocycles. The van der Waals surface area contributed by atoms with Crippen molar-refractivity contribution in [3.63, 3.8) is 0 Å². The van der Waals surface area contributed by atoms with Gasteiger partial charge in [-0.25, -0.2) is 0 Å². The number of aryl methyl sites for hydroxylation is 1. The van der Waals surface area contributed by atoms with Crippen LogP contribution < -0.4 is 10.6 Å². The van der Waals surface area contributed by atoms with Crippen molar-refractivity contribution in [3.05, 3.63) is 28.6 Å². The first kappa shape index (κ1) is 11.0. The van der Waals surface area contributed by atoms with E-state index < -0.39 is 0 Å². The zero-order valence-corrected chi connectivity index (χ0v) is 10.5.